The fraction of sp³-hybridized carbons (Fsp3) is 0.263. The lowest BCUT2D eigenvalue weighted by Crippen LogP contribution is -2.28. The molecule has 0 atom stereocenters. The van der Waals surface area contributed by atoms with Crippen LogP contribution in [0.1, 0.15) is 12.0 Å². The Kier molecular flexibility index (Phi) is 5.96. The molecule has 28 heavy (non-hydrogen) atoms. The van der Waals surface area contributed by atoms with Crippen molar-refractivity contribution in [2.45, 2.75) is 24.8 Å². The summed E-state index contributed by atoms with van der Waals surface area (Å²) in [7, 11) is -2.31. The Balaban J connectivity index is 1.65. The zero-order valence-electron chi connectivity index (χ0n) is 15.6. The number of methoxy groups -OCH3 is 1. The van der Waals surface area contributed by atoms with E-state index in [1.54, 1.807) is 36.4 Å². The molecule has 0 unspecified atom stereocenters. The maximum atomic E-state index is 12.6. The standard InChI is InChI=1S/C19H21N3O5S/c1-14-6-8-17(26-2)18(13-14)28(24,25)20-10-4-11-22-19(23)9-7-15(21-22)16-5-3-12-27-16/h3,5-9,12-13,20H,4,10-11H2,1-2H3. The fourth-order valence-corrected chi connectivity index (χ4v) is 4.00. The highest BCUT2D eigenvalue weighted by atomic mass is 32.2. The molecule has 0 bridgehead atoms. The number of sulfonamides is 1. The van der Waals surface area contributed by atoms with Gasteiger partial charge in [-0.25, -0.2) is 17.8 Å². The number of hydrogen-bond acceptors (Lipinski definition) is 6. The lowest BCUT2D eigenvalue weighted by atomic mass is 10.2. The molecule has 0 aliphatic rings. The Morgan fingerprint density at radius 1 is 1.21 bits per heavy atom. The highest BCUT2D eigenvalue weighted by molar-refractivity contribution is 7.89. The summed E-state index contributed by atoms with van der Waals surface area (Å²) in [6.45, 7) is 2.22. The maximum Gasteiger partial charge on any atom is 0.266 e. The van der Waals surface area contributed by atoms with Gasteiger partial charge in [0, 0.05) is 19.2 Å². The van der Waals surface area contributed by atoms with Gasteiger partial charge in [-0.15, -0.1) is 0 Å². The Morgan fingerprint density at radius 2 is 2.04 bits per heavy atom. The van der Waals surface area contributed by atoms with Crippen molar-refractivity contribution < 1.29 is 17.6 Å². The van der Waals surface area contributed by atoms with Crippen molar-refractivity contribution in [3.63, 3.8) is 0 Å². The summed E-state index contributed by atoms with van der Waals surface area (Å²) in [4.78, 5) is 12.1. The molecule has 3 rings (SSSR count). The molecule has 0 aliphatic carbocycles. The Labute approximate surface area is 162 Å². The summed E-state index contributed by atoms with van der Waals surface area (Å²) in [5.41, 5.74) is 1.08. The molecular formula is C19H21N3O5S. The summed E-state index contributed by atoms with van der Waals surface area (Å²) in [5.74, 6) is 0.836. The molecule has 1 aromatic carbocycles. The van der Waals surface area contributed by atoms with Crippen molar-refractivity contribution in [2.24, 2.45) is 0 Å². The van der Waals surface area contributed by atoms with Gasteiger partial charge in [0.25, 0.3) is 5.56 Å². The average Bonchev–Trinajstić information content (AvgIpc) is 3.21. The highest BCUT2D eigenvalue weighted by Gasteiger charge is 2.19. The summed E-state index contributed by atoms with van der Waals surface area (Å²) in [6, 6.07) is 11.4. The second-order valence-corrected chi connectivity index (χ2v) is 7.90. The smallest absolute Gasteiger partial charge is 0.266 e. The summed E-state index contributed by atoms with van der Waals surface area (Å²) in [5, 5.41) is 4.26. The molecule has 9 heteroatoms. The van der Waals surface area contributed by atoms with E-state index in [4.69, 9.17) is 9.15 Å². The molecule has 0 saturated heterocycles. The van der Waals surface area contributed by atoms with Gasteiger partial charge in [-0.3, -0.25) is 4.79 Å². The van der Waals surface area contributed by atoms with Crippen LogP contribution in [0.5, 0.6) is 5.75 Å². The molecule has 0 amide bonds. The van der Waals surface area contributed by atoms with Crippen LogP contribution in [0.3, 0.4) is 0 Å². The van der Waals surface area contributed by atoms with Crippen molar-refractivity contribution in [1.82, 2.24) is 14.5 Å². The number of furan rings is 1. The van der Waals surface area contributed by atoms with Crippen LogP contribution in [0, 0.1) is 6.92 Å². The molecule has 0 spiro atoms. The van der Waals surface area contributed by atoms with Gasteiger partial charge in [0.1, 0.15) is 16.3 Å². The van der Waals surface area contributed by atoms with Crippen molar-refractivity contribution in [3.05, 3.63) is 64.6 Å². The van der Waals surface area contributed by atoms with E-state index < -0.39 is 10.0 Å². The first-order valence-electron chi connectivity index (χ1n) is 8.67. The summed E-state index contributed by atoms with van der Waals surface area (Å²) >= 11 is 0. The third kappa shape index (κ3) is 4.49. The van der Waals surface area contributed by atoms with Crippen LogP contribution in [-0.2, 0) is 16.6 Å². The average molecular weight is 403 g/mol. The first-order valence-corrected chi connectivity index (χ1v) is 10.2. The van der Waals surface area contributed by atoms with Crippen molar-refractivity contribution in [1.29, 1.82) is 0 Å². The Morgan fingerprint density at radius 3 is 2.75 bits per heavy atom. The van der Waals surface area contributed by atoms with Gasteiger partial charge >= 0.3 is 0 Å². The lowest BCUT2D eigenvalue weighted by Gasteiger charge is -2.12. The second-order valence-electron chi connectivity index (χ2n) is 6.16. The number of hydrogen-bond donors (Lipinski definition) is 1. The van der Waals surface area contributed by atoms with E-state index in [0.29, 0.717) is 17.9 Å². The Hall–Kier alpha value is -2.91. The number of aromatic nitrogens is 2. The van der Waals surface area contributed by atoms with Crippen molar-refractivity contribution in [2.75, 3.05) is 13.7 Å². The lowest BCUT2D eigenvalue weighted by molar-refractivity contribution is 0.402. The first kappa shape index (κ1) is 19.8. The largest absolute Gasteiger partial charge is 0.495 e. The van der Waals surface area contributed by atoms with Crippen LogP contribution < -0.4 is 15.0 Å². The molecule has 2 aromatic heterocycles. The Bertz CT molecular complexity index is 1100. The van der Waals surface area contributed by atoms with Gasteiger partial charge in [-0.1, -0.05) is 6.07 Å². The number of aryl methyl sites for hydroxylation is 2. The maximum absolute atomic E-state index is 12.6. The van der Waals surface area contributed by atoms with Gasteiger partial charge in [0.2, 0.25) is 10.0 Å². The van der Waals surface area contributed by atoms with Gasteiger partial charge in [0.05, 0.1) is 13.4 Å². The number of benzene rings is 1. The van der Waals surface area contributed by atoms with E-state index in [9.17, 15) is 13.2 Å². The molecule has 0 fully saturated rings. The highest BCUT2D eigenvalue weighted by Crippen LogP contribution is 2.24. The molecule has 0 radical (unpaired) electrons. The van der Waals surface area contributed by atoms with Crippen LogP contribution in [0.25, 0.3) is 11.5 Å². The number of rotatable bonds is 8. The minimum Gasteiger partial charge on any atom is -0.495 e. The first-order chi connectivity index (χ1) is 13.4. The van der Waals surface area contributed by atoms with Gasteiger partial charge in [-0.05, 0) is 49.2 Å². The van der Waals surface area contributed by atoms with Crippen LogP contribution in [0.2, 0.25) is 0 Å². The third-order valence-electron chi connectivity index (χ3n) is 4.09. The zero-order valence-corrected chi connectivity index (χ0v) is 16.4. The van der Waals surface area contributed by atoms with Crippen LogP contribution in [-0.4, -0.2) is 31.9 Å². The quantitative estimate of drug-likeness (QED) is 0.578. The van der Waals surface area contributed by atoms with E-state index in [1.807, 2.05) is 6.92 Å². The molecule has 2 heterocycles. The number of nitrogens with one attached hydrogen (secondary N) is 1. The zero-order chi connectivity index (χ0) is 20.1. The summed E-state index contributed by atoms with van der Waals surface area (Å²) < 4.78 is 39.4. The van der Waals surface area contributed by atoms with Gasteiger partial charge in [-0.2, -0.15) is 5.10 Å². The predicted molar refractivity (Wildman–Crippen MR) is 104 cm³/mol. The molecule has 1 N–H and O–H groups in total. The second kappa shape index (κ2) is 8.41. The molecule has 8 nitrogen and oxygen atoms in total. The molecule has 148 valence electrons. The van der Waals surface area contributed by atoms with Crippen LogP contribution in [0.4, 0.5) is 0 Å². The molecule has 3 aromatic rings. The van der Waals surface area contributed by atoms with Gasteiger partial charge in [0.15, 0.2) is 5.76 Å². The molecule has 0 aliphatic heterocycles. The van der Waals surface area contributed by atoms with E-state index >= 15 is 0 Å². The van der Waals surface area contributed by atoms with E-state index in [-0.39, 0.29) is 29.3 Å². The van der Waals surface area contributed by atoms with Gasteiger partial charge < -0.3 is 9.15 Å². The monoisotopic (exact) mass is 403 g/mol. The normalized spacial score (nSPS) is 11.5. The van der Waals surface area contributed by atoms with Crippen LogP contribution in [0.15, 0.2) is 62.8 Å². The summed E-state index contributed by atoms with van der Waals surface area (Å²) in [6.07, 6.45) is 1.92. The minimum absolute atomic E-state index is 0.0881. The fourth-order valence-electron chi connectivity index (χ4n) is 2.67. The minimum atomic E-state index is -3.73. The number of ether oxygens (including phenoxy) is 1. The topological polar surface area (TPSA) is 103 Å². The van der Waals surface area contributed by atoms with E-state index in [0.717, 1.165) is 5.56 Å². The van der Waals surface area contributed by atoms with Crippen molar-refractivity contribution >= 4 is 10.0 Å². The predicted octanol–water partition coefficient (Wildman–Crippen LogP) is 2.19. The SMILES string of the molecule is COc1ccc(C)cc1S(=O)(=O)NCCCn1nc(-c2ccco2)ccc1=O. The molecule has 0 saturated carbocycles. The van der Waals surface area contributed by atoms with E-state index in [1.165, 1.54) is 24.1 Å². The molecular weight excluding hydrogens is 382 g/mol. The number of nitrogens with zero attached hydrogens (tertiary/aromatic N) is 2. The third-order valence-corrected chi connectivity index (χ3v) is 5.57. The van der Waals surface area contributed by atoms with E-state index in [2.05, 4.69) is 9.82 Å². The van der Waals surface area contributed by atoms with Crippen LogP contribution >= 0.6 is 0 Å². The van der Waals surface area contributed by atoms with Crippen molar-refractivity contribution in [3.8, 4) is 17.2 Å².